The minimum atomic E-state index is -0.301. The fraction of sp³-hybridized carbons (Fsp3) is 0.200. The third kappa shape index (κ3) is 1.69. The summed E-state index contributed by atoms with van der Waals surface area (Å²) in [4.78, 5) is 18.7. The average Bonchev–Trinajstić information content (AvgIpc) is 2.69. The van der Waals surface area contributed by atoms with Gasteiger partial charge in [-0.2, -0.15) is 0 Å². The monoisotopic (exact) mass is 204 g/mol. The van der Waals surface area contributed by atoms with Crippen LogP contribution in [-0.2, 0) is 6.42 Å². The highest BCUT2D eigenvalue weighted by Gasteiger charge is 2.06. The Kier molecular flexibility index (Phi) is 2.39. The fourth-order valence-electron chi connectivity index (χ4n) is 1.45. The molecule has 1 amide bonds. The SMILES string of the molecule is CCc1nc2ccc(C(=O)NN)cc2[nH]1. The number of aryl methyl sites for hydroxylation is 1. The third-order valence-corrected chi connectivity index (χ3v) is 2.26. The molecule has 1 aromatic carbocycles. The number of carbonyl (C=O) groups is 1. The Balaban J connectivity index is 2.50. The molecule has 78 valence electrons. The lowest BCUT2D eigenvalue weighted by Gasteiger charge is -1.97. The number of fused-ring (bicyclic) bond motifs is 1. The van der Waals surface area contributed by atoms with E-state index >= 15 is 0 Å². The topological polar surface area (TPSA) is 83.8 Å². The molecule has 0 atom stereocenters. The van der Waals surface area contributed by atoms with Crippen LogP contribution in [-0.4, -0.2) is 15.9 Å². The van der Waals surface area contributed by atoms with Gasteiger partial charge in [-0.3, -0.25) is 10.2 Å². The van der Waals surface area contributed by atoms with Crippen molar-refractivity contribution < 1.29 is 4.79 Å². The van der Waals surface area contributed by atoms with E-state index in [4.69, 9.17) is 5.84 Å². The molecule has 0 fully saturated rings. The molecule has 0 bridgehead atoms. The number of aromatic amines is 1. The zero-order chi connectivity index (χ0) is 10.8. The smallest absolute Gasteiger partial charge is 0.265 e. The number of nitrogens with two attached hydrogens (primary N) is 1. The van der Waals surface area contributed by atoms with Crippen molar-refractivity contribution in [2.45, 2.75) is 13.3 Å². The van der Waals surface area contributed by atoms with Crippen molar-refractivity contribution in [2.75, 3.05) is 0 Å². The second kappa shape index (κ2) is 3.70. The Morgan fingerprint density at radius 2 is 2.40 bits per heavy atom. The van der Waals surface area contributed by atoms with Gasteiger partial charge in [-0.05, 0) is 18.2 Å². The molecule has 2 aromatic rings. The predicted octanol–water partition coefficient (Wildman–Crippen LogP) is 0.729. The van der Waals surface area contributed by atoms with Gasteiger partial charge in [0.05, 0.1) is 11.0 Å². The number of hydrazine groups is 1. The lowest BCUT2D eigenvalue weighted by Crippen LogP contribution is -2.29. The molecule has 5 heteroatoms. The quantitative estimate of drug-likeness (QED) is 0.383. The van der Waals surface area contributed by atoms with Gasteiger partial charge in [-0.25, -0.2) is 10.8 Å². The molecule has 0 aliphatic carbocycles. The van der Waals surface area contributed by atoms with E-state index in [2.05, 4.69) is 15.4 Å². The Bertz CT molecular complexity index is 503. The molecule has 0 saturated heterocycles. The van der Waals surface area contributed by atoms with Crippen molar-refractivity contribution in [3.05, 3.63) is 29.6 Å². The molecule has 2 rings (SSSR count). The first-order valence-electron chi connectivity index (χ1n) is 4.74. The standard InChI is InChI=1S/C10H12N4O/c1-2-9-12-7-4-3-6(10(15)14-11)5-8(7)13-9/h3-5H,2,11H2,1H3,(H,12,13)(H,14,15). The molecule has 15 heavy (non-hydrogen) atoms. The molecular formula is C10H12N4O. The number of carbonyl (C=O) groups excluding carboxylic acids is 1. The molecule has 0 unspecified atom stereocenters. The number of H-pyrrole nitrogens is 1. The summed E-state index contributed by atoms with van der Waals surface area (Å²) in [5, 5.41) is 0. The minimum Gasteiger partial charge on any atom is -0.342 e. The van der Waals surface area contributed by atoms with Crippen molar-refractivity contribution in [1.82, 2.24) is 15.4 Å². The van der Waals surface area contributed by atoms with Crippen molar-refractivity contribution in [3.63, 3.8) is 0 Å². The van der Waals surface area contributed by atoms with Crippen molar-refractivity contribution >= 4 is 16.9 Å². The first-order valence-corrected chi connectivity index (χ1v) is 4.74. The molecule has 4 N–H and O–H groups in total. The second-order valence-corrected chi connectivity index (χ2v) is 3.24. The lowest BCUT2D eigenvalue weighted by molar-refractivity contribution is 0.0954. The number of amides is 1. The minimum absolute atomic E-state index is 0.301. The normalized spacial score (nSPS) is 10.5. The van der Waals surface area contributed by atoms with E-state index in [0.29, 0.717) is 5.56 Å². The first kappa shape index (κ1) is 9.67. The maximum Gasteiger partial charge on any atom is 0.265 e. The van der Waals surface area contributed by atoms with Gasteiger partial charge in [0, 0.05) is 12.0 Å². The molecule has 0 aliphatic rings. The lowest BCUT2D eigenvalue weighted by atomic mass is 10.2. The highest BCUT2D eigenvalue weighted by atomic mass is 16.2. The van der Waals surface area contributed by atoms with Crippen LogP contribution < -0.4 is 11.3 Å². The Hall–Kier alpha value is -1.88. The van der Waals surface area contributed by atoms with Crippen LogP contribution in [0.2, 0.25) is 0 Å². The van der Waals surface area contributed by atoms with Gasteiger partial charge in [0.1, 0.15) is 5.82 Å². The second-order valence-electron chi connectivity index (χ2n) is 3.24. The summed E-state index contributed by atoms with van der Waals surface area (Å²) >= 11 is 0. The average molecular weight is 204 g/mol. The van der Waals surface area contributed by atoms with Gasteiger partial charge in [-0.1, -0.05) is 6.92 Å². The zero-order valence-electron chi connectivity index (χ0n) is 8.37. The summed E-state index contributed by atoms with van der Waals surface area (Å²) in [5.74, 6) is 5.67. The summed E-state index contributed by atoms with van der Waals surface area (Å²) in [6.07, 6.45) is 0.840. The van der Waals surface area contributed by atoms with Crippen LogP contribution in [0.3, 0.4) is 0 Å². The summed E-state index contributed by atoms with van der Waals surface area (Å²) in [5.41, 5.74) is 4.33. The van der Waals surface area contributed by atoms with Crippen LogP contribution in [0.1, 0.15) is 23.1 Å². The molecule has 0 spiro atoms. The van der Waals surface area contributed by atoms with Gasteiger partial charge in [0.25, 0.3) is 5.91 Å². The zero-order valence-corrected chi connectivity index (χ0v) is 8.37. The van der Waals surface area contributed by atoms with Gasteiger partial charge in [0.2, 0.25) is 0 Å². The van der Waals surface area contributed by atoms with Crippen LogP contribution in [0, 0.1) is 0 Å². The number of nitrogen functional groups attached to an aromatic ring is 1. The van der Waals surface area contributed by atoms with E-state index in [1.165, 1.54) is 0 Å². The van der Waals surface area contributed by atoms with Crippen LogP contribution in [0.4, 0.5) is 0 Å². The number of hydrogen-bond acceptors (Lipinski definition) is 3. The Morgan fingerprint density at radius 3 is 3.07 bits per heavy atom. The van der Waals surface area contributed by atoms with Crippen molar-refractivity contribution in [3.8, 4) is 0 Å². The van der Waals surface area contributed by atoms with E-state index in [0.717, 1.165) is 23.3 Å². The van der Waals surface area contributed by atoms with E-state index in [1.54, 1.807) is 18.2 Å². The molecule has 5 nitrogen and oxygen atoms in total. The largest absolute Gasteiger partial charge is 0.342 e. The van der Waals surface area contributed by atoms with Gasteiger partial charge in [0.15, 0.2) is 0 Å². The van der Waals surface area contributed by atoms with Gasteiger partial charge < -0.3 is 4.98 Å². The molecule has 0 radical (unpaired) electrons. The van der Waals surface area contributed by atoms with E-state index in [9.17, 15) is 4.79 Å². The maximum absolute atomic E-state index is 11.3. The number of nitrogens with zero attached hydrogens (tertiary/aromatic N) is 1. The number of hydrogen-bond donors (Lipinski definition) is 3. The van der Waals surface area contributed by atoms with E-state index < -0.39 is 0 Å². The summed E-state index contributed by atoms with van der Waals surface area (Å²) in [6.45, 7) is 2.02. The van der Waals surface area contributed by atoms with Crippen LogP contribution in [0.5, 0.6) is 0 Å². The molecule has 1 heterocycles. The maximum atomic E-state index is 11.3. The summed E-state index contributed by atoms with van der Waals surface area (Å²) in [7, 11) is 0. The highest BCUT2D eigenvalue weighted by Crippen LogP contribution is 2.13. The summed E-state index contributed by atoms with van der Waals surface area (Å²) < 4.78 is 0. The Morgan fingerprint density at radius 1 is 1.60 bits per heavy atom. The number of imidazole rings is 1. The fourth-order valence-corrected chi connectivity index (χ4v) is 1.45. The number of aromatic nitrogens is 2. The first-order chi connectivity index (χ1) is 7.24. The van der Waals surface area contributed by atoms with Crippen LogP contribution >= 0.6 is 0 Å². The molecule has 0 saturated carbocycles. The number of nitrogens with one attached hydrogen (secondary N) is 2. The van der Waals surface area contributed by atoms with Crippen molar-refractivity contribution in [2.24, 2.45) is 5.84 Å². The molecule has 0 aliphatic heterocycles. The molecular weight excluding hydrogens is 192 g/mol. The molecule has 1 aromatic heterocycles. The highest BCUT2D eigenvalue weighted by molar-refractivity contribution is 5.96. The number of rotatable bonds is 2. The summed E-state index contributed by atoms with van der Waals surface area (Å²) in [6, 6.07) is 5.24. The van der Waals surface area contributed by atoms with Crippen LogP contribution in [0.15, 0.2) is 18.2 Å². The predicted molar refractivity (Wildman–Crippen MR) is 57.1 cm³/mol. The van der Waals surface area contributed by atoms with Crippen LogP contribution in [0.25, 0.3) is 11.0 Å². The van der Waals surface area contributed by atoms with E-state index in [-0.39, 0.29) is 5.91 Å². The Labute approximate surface area is 86.7 Å². The third-order valence-electron chi connectivity index (χ3n) is 2.26. The van der Waals surface area contributed by atoms with E-state index in [1.807, 2.05) is 6.92 Å². The van der Waals surface area contributed by atoms with Crippen molar-refractivity contribution in [1.29, 1.82) is 0 Å². The van der Waals surface area contributed by atoms with Gasteiger partial charge >= 0.3 is 0 Å². The van der Waals surface area contributed by atoms with Gasteiger partial charge in [-0.15, -0.1) is 0 Å². The number of benzene rings is 1.